The van der Waals surface area contributed by atoms with Gasteiger partial charge in [-0.1, -0.05) is 38.2 Å². The molecule has 128 valence electrons. The molecule has 3 heteroatoms. The maximum atomic E-state index is 12.2. The number of ether oxygens (including phenoxy) is 1. The highest BCUT2D eigenvalue weighted by atomic mass is 16.5. The minimum Gasteiger partial charge on any atom is -0.497 e. The standard InChI is InChI=1S/C20H31NO2/c1-16-15-19(23-2)14-13-17(16)9-8-12-20(22)21-18-10-6-4-3-5-7-11-18/h13-15,18H,3-12H2,1-2H3,(H,21,22). The molecule has 23 heavy (non-hydrogen) atoms. The van der Waals surface area contributed by atoms with Gasteiger partial charge >= 0.3 is 0 Å². The van der Waals surface area contributed by atoms with E-state index >= 15 is 0 Å². The third kappa shape index (κ3) is 6.25. The molecule has 3 nitrogen and oxygen atoms in total. The number of benzene rings is 1. The van der Waals surface area contributed by atoms with Crippen LogP contribution >= 0.6 is 0 Å². The Morgan fingerprint density at radius 2 is 1.87 bits per heavy atom. The van der Waals surface area contributed by atoms with Crippen molar-refractivity contribution in [2.45, 2.75) is 77.2 Å². The summed E-state index contributed by atoms with van der Waals surface area (Å²) in [5, 5.41) is 3.25. The average Bonchev–Trinajstić information content (AvgIpc) is 2.51. The molecule has 1 fully saturated rings. The fourth-order valence-electron chi connectivity index (χ4n) is 3.42. The van der Waals surface area contributed by atoms with Crippen molar-refractivity contribution in [1.82, 2.24) is 5.32 Å². The molecule has 0 heterocycles. The number of aryl methyl sites for hydroxylation is 2. The van der Waals surface area contributed by atoms with Gasteiger partial charge in [-0.2, -0.15) is 0 Å². The second kappa shape index (κ2) is 9.59. The first-order chi connectivity index (χ1) is 11.2. The van der Waals surface area contributed by atoms with E-state index in [-0.39, 0.29) is 5.91 Å². The van der Waals surface area contributed by atoms with Crippen molar-refractivity contribution >= 4 is 5.91 Å². The monoisotopic (exact) mass is 317 g/mol. The van der Waals surface area contributed by atoms with Gasteiger partial charge in [0.2, 0.25) is 5.91 Å². The van der Waals surface area contributed by atoms with E-state index in [0.29, 0.717) is 12.5 Å². The fourth-order valence-corrected chi connectivity index (χ4v) is 3.42. The Morgan fingerprint density at radius 1 is 1.17 bits per heavy atom. The van der Waals surface area contributed by atoms with E-state index < -0.39 is 0 Å². The lowest BCUT2D eigenvalue weighted by atomic mass is 9.96. The van der Waals surface area contributed by atoms with Gasteiger partial charge in [0.05, 0.1) is 7.11 Å². The van der Waals surface area contributed by atoms with Gasteiger partial charge < -0.3 is 10.1 Å². The summed E-state index contributed by atoms with van der Waals surface area (Å²) in [7, 11) is 1.69. The summed E-state index contributed by atoms with van der Waals surface area (Å²) in [6.07, 6.45) is 11.3. The molecule has 0 unspecified atom stereocenters. The Balaban J connectivity index is 1.71. The zero-order valence-corrected chi connectivity index (χ0v) is 14.7. The van der Waals surface area contributed by atoms with E-state index in [0.717, 1.165) is 31.4 Å². The van der Waals surface area contributed by atoms with Crippen molar-refractivity contribution in [3.8, 4) is 5.75 Å². The van der Waals surface area contributed by atoms with Gasteiger partial charge in [-0.25, -0.2) is 0 Å². The Kier molecular flexibility index (Phi) is 7.44. The predicted molar refractivity (Wildman–Crippen MR) is 94.9 cm³/mol. The van der Waals surface area contributed by atoms with Crippen molar-refractivity contribution in [2.24, 2.45) is 0 Å². The molecule has 1 aliphatic carbocycles. The molecule has 0 aliphatic heterocycles. The van der Waals surface area contributed by atoms with E-state index in [9.17, 15) is 4.79 Å². The van der Waals surface area contributed by atoms with Crippen molar-refractivity contribution < 1.29 is 9.53 Å². The minimum absolute atomic E-state index is 0.224. The number of hydrogen-bond acceptors (Lipinski definition) is 2. The number of carbonyl (C=O) groups is 1. The van der Waals surface area contributed by atoms with Crippen LogP contribution in [-0.4, -0.2) is 19.1 Å². The zero-order valence-electron chi connectivity index (χ0n) is 14.7. The lowest BCUT2D eigenvalue weighted by Crippen LogP contribution is -2.35. The molecule has 1 aromatic carbocycles. The van der Waals surface area contributed by atoms with Gasteiger partial charge in [-0.05, 0) is 55.9 Å². The van der Waals surface area contributed by atoms with Gasteiger partial charge in [0, 0.05) is 12.5 Å². The van der Waals surface area contributed by atoms with E-state index in [4.69, 9.17) is 4.74 Å². The number of amides is 1. The van der Waals surface area contributed by atoms with Gasteiger partial charge in [0.25, 0.3) is 0 Å². The molecule has 1 aliphatic rings. The normalized spacial score (nSPS) is 16.4. The minimum atomic E-state index is 0.224. The van der Waals surface area contributed by atoms with Gasteiger partial charge in [0.1, 0.15) is 5.75 Å². The molecular weight excluding hydrogens is 286 g/mol. The Labute approximate surface area is 140 Å². The molecule has 0 aromatic heterocycles. The van der Waals surface area contributed by atoms with Crippen LogP contribution in [0.1, 0.15) is 68.9 Å². The summed E-state index contributed by atoms with van der Waals surface area (Å²) in [6.45, 7) is 2.10. The third-order valence-electron chi connectivity index (χ3n) is 4.87. The average molecular weight is 317 g/mol. The van der Waals surface area contributed by atoms with Crippen LogP contribution in [0.2, 0.25) is 0 Å². The van der Waals surface area contributed by atoms with Crippen LogP contribution in [0, 0.1) is 6.92 Å². The molecule has 2 rings (SSSR count). The quantitative estimate of drug-likeness (QED) is 0.835. The van der Waals surface area contributed by atoms with E-state index in [1.807, 2.05) is 6.07 Å². The molecular formula is C20H31NO2. The lowest BCUT2D eigenvalue weighted by molar-refractivity contribution is -0.122. The number of methoxy groups -OCH3 is 1. The lowest BCUT2D eigenvalue weighted by Gasteiger charge is -2.21. The summed E-state index contributed by atoms with van der Waals surface area (Å²) in [5.41, 5.74) is 2.55. The fraction of sp³-hybridized carbons (Fsp3) is 0.650. The molecule has 1 amide bonds. The summed E-state index contributed by atoms with van der Waals surface area (Å²) in [6, 6.07) is 6.58. The van der Waals surface area contributed by atoms with E-state index in [1.165, 1.54) is 43.2 Å². The van der Waals surface area contributed by atoms with Crippen molar-refractivity contribution in [3.05, 3.63) is 29.3 Å². The number of rotatable bonds is 6. The number of hydrogen-bond donors (Lipinski definition) is 1. The van der Waals surface area contributed by atoms with Crippen molar-refractivity contribution in [3.63, 3.8) is 0 Å². The maximum Gasteiger partial charge on any atom is 0.220 e. The second-order valence-corrected chi connectivity index (χ2v) is 6.76. The summed E-state index contributed by atoms with van der Waals surface area (Å²) < 4.78 is 5.23. The Hall–Kier alpha value is -1.51. The Bertz CT molecular complexity index is 490. The molecule has 1 aromatic rings. The summed E-state index contributed by atoms with van der Waals surface area (Å²) in [5.74, 6) is 1.12. The summed E-state index contributed by atoms with van der Waals surface area (Å²) >= 11 is 0. The summed E-state index contributed by atoms with van der Waals surface area (Å²) in [4.78, 5) is 12.2. The SMILES string of the molecule is COc1ccc(CCCC(=O)NC2CCCCCCC2)c(C)c1. The van der Waals surface area contributed by atoms with Gasteiger partial charge in [-0.3, -0.25) is 4.79 Å². The third-order valence-corrected chi connectivity index (χ3v) is 4.87. The largest absolute Gasteiger partial charge is 0.497 e. The molecule has 0 atom stereocenters. The molecule has 0 bridgehead atoms. The maximum absolute atomic E-state index is 12.2. The molecule has 0 spiro atoms. The predicted octanol–water partition coefficient (Wildman–Crippen LogP) is 4.56. The molecule has 1 saturated carbocycles. The van der Waals surface area contributed by atoms with Crippen LogP contribution in [0.3, 0.4) is 0 Å². The highest BCUT2D eigenvalue weighted by Gasteiger charge is 2.13. The van der Waals surface area contributed by atoms with Crippen LogP contribution in [0.5, 0.6) is 5.75 Å². The smallest absolute Gasteiger partial charge is 0.220 e. The van der Waals surface area contributed by atoms with Gasteiger partial charge in [0.15, 0.2) is 0 Å². The number of nitrogens with one attached hydrogen (secondary N) is 1. The van der Waals surface area contributed by atoms with E-state index in [1.54, 1.807) is 7.11 Å². The van der Waals surface area contributed by atoms with Gasteiger partial charge in [-0.15, -0.1) is 0 Å². The number of carbonyl (C=O) groups excluding carboxylic acids is 1. The first-order valence-electron chi connectivity index (χ1n) is 9.12. The van der Waals surface area contributed by atoms with Crippen LogP contribution in [0.15, 0.2) is 18.2 Å². The molecule has 0 saturated heterocycles. The highest BCUT2D eigenvalue weighted by Crippen LogP contribution is 2.19. The van der Waals surface area contributed by atoms with Crippen molar-refractivity contribution in [1.29, 1.82) is 0 Å². The van der Waals surface area contributed by atoms with Crippen molar-refractivity contribution in [2.75, 3.05) is 7.11 Å². The first-order valence-corrected chi connectivity index (χ1v) is 9.12. The first kappa shape index (κ1) is 17.8. The zero-order chi connectivity index (χ0) is 16.5. The van der Waals surface area contributed by atoms with E-state index in [2.05, 4.69) is 24.4 Å². The molecule has 0 radical (unpaired) electrons. The van der Waals surface area contributed by atoms with Crippen LogP contribution < -0.4 is 10.1 Å². The Morgan fingerprint density at radius 3 is 2.52 bits per heavy atom. The topological polar surface area (TPSA) is 38.3 Å². The van der Waals surface area contributed by atoms with Crippen LogP contribution in [0.25, 0.3) is 0 Å². The molecule has 1 N–H and O–H groups in total. The highest BCUT2D eigenvalue weighted by molar-refractivity contribution is 5.76. The van der Waals surface area contributed by atoms with Crippen LogP contribution in [-0.2, 0) is 11.2 Å². The van der Waals surface area contributed by atoms with Crippen LogP contribution in [0.4, 0.5) is 0 Å². The second-order valence-electron chi connectivity index (χ2n) is 6.76.